The molecule has 6 nitrogen and oxygen atoms in total. The van der Waals surface area contributed by atoms with Crippen LogP contribution < -0.4 is 5.32 Å². The summed E-state index contributed by atoms with van der Waals surface area (Å²) in [7, 11) is 0. The van der Waals surface area contributed by atoms with Crippen molar-refractivity contribution >= 4 is 80.9 Å². The molecule has 0 unspecified atom stereocenters. The van der Waals surface area contributed by atoms with E-state index in [1.54, 1.807) is 24.3 Å². The molecule has 1 N–H and O–H groups in total. The Balaban J connectivity index is 1.72. The first kappa shape index (κ1) is 20.2. The molecule has 1 fully saturated rings. The molecule has 0 bridgehead atoms. The summed E-state index contributed by atoms with van der Waals surface area (Å²) in [6.07, 6.45) is 0. The van der Waals surface area contributed by atoms with E-state index < -0.39 is 5.91 Å². The number of thioether (sulfide) groups is 1. The second kappa shape index (κ2) is 8.24. The molecule has 1 aromatic heterocycles. The van der Waals surface area contributed by atoms with Crippen molar-refractivity contribution in [2.75, 3.05) is 11.1 Å². The first-order valence-corrected chi connectivity index (χ1v) is 9.85. The first-order valence-electron chi connectivity index (χ1n) is 7.35. The molecule has 3 rings (SSSR count). The highest BCUT2D eigenvalue weighted by Gasteiger charge is 2.29. The highest BCUT2D eigenvalue weighted by molar-refractivity contribution is 8.14. The van der Waals surface area contributed by atoms with E-state index in [0.29, 0.717) is 5.69 Å². The predicted molar refractivity (Wildman–Crippen MR) is 107 cm³/mol. The third-order valence-electron chi connectivity index (χ3n) is 3.59. The van der Waals surface area contributed by atoms with Crippen molar-refractivity contribution in [1.82, 2.24) is 9.88 Å². The Morgan fingerprint density at radius 3 is 2.33 bits per heavy atom. The highest BCUT2D eigenvalue weighted by Crippen LogP contribution is 2.36. The van der Waals surface area contributed by atoms with Gasteiger partial charge in [0.15, 0.2) is 0 Å². The fraction of sp³-hybridized carbons (Fsp3) is 0.125. The zero-order valence-corrected chi connectivity index (χ0v) is 17.1. The van der Waals surface area contributed by atoms with Crippen molar-refractivity contribution in [1.29, 1.82) is 0 Å². The number of amides is 3. The predicted octanol–water partition coefficient (Wildman–Crippen LogP) is 5.14. The van der Waals surface area contributed by atoms with E-state index in [4.69, 9.17) is 46.4 Å². The molecule has 1 aromatic carbocycles. The van der Waals surface area contributed by atoms with Crippen molar-refractivity contribution in [2.24, 2.45) is 0 Å². The van der Waals surface area contributed by atoms with Crippen LogP contribution in [0.4, 0.5) is 10.5 Å². The minimum Gasteiger partial charge on any atom is -0.321 e. The summed E-state index contributed by atoms with van der Waals surface area (Å²) in [4.78, 5) is 40.7. The number of benzene rings is 1. The summed E-state index contributed by atoms with van der Waals surface area (Å²) in [6, 6.07) is 6.63. The van der Waals surface area contributed by atoms with Gasteiger partial charge in [0.1, 0.15) is 10.8 Å². The molecule has 0 saturated carbocycles. The van der Waals surface area contributed by atoms with Crippen LogP contribution in [0.3, 0.4) is 0 Å². The van der Waals surface area contributed by atoms with Crippen LogP contribution in [0.15, 0.2) is 24.3 Å². The number of halogens is 4. The molecule has 2 heterocycles. The number of anilines is 1. The Hall–Kier alpha value is -1.51. The number of hydrogen-bond acceptors (Lipinski definition) is 5. The van der Waals surface area contributed by atoms with Gasteiger partial charge in [-0.25, -0.2) is 4.98 Å². The van der Waals surface area contributed by atoms with Gasteiger partial charge >= 0.3 is 0 Å². The number of imide groups is 1. The zero-order valence-electron chi connectivity index (χ0n) is 13.3. The maximum atomic E-state index is 12.4. The number of pyridine rings is 1. The van der Waals surface area contributed by atoms with Gasteiger partial charge in [0.2, 0.25) is 5.91 Å². The van der Waals surface area contributed by atoms with Gasteiger partial charge in [-0.2, -0.15) is 0 Å². The standard InChI is InChI=1S/C16H9Cl4N3O3S/c17-10-11(18)13(22-14(20)12(10)19)15(25)21-8-3-1-7(2-4-8)5-23-9(24)6-27-16(23)26/h1-4H,5-6H2,(H,21,25). The lowest BCUT2D eigenvalue weighted by Gasteiger charge is -2.13. The minimum atomic E-state index is -0.616. The van der Waals surface area contributed by atoms with Crippen LogP contribution >= 0.6 is 58.2 Å². The monoisotopic (exact) mass is 463 g/mol. The van der Waals surface area contributed by atoms with E-state index in [1.807, 2.05) is 0 Å². The second-order valence-corrected chi connectivity index (χ2v) is 7.80. The number of nitrogens with zero attached hydrogens (tertiary/aromatic N) is 2. The summed E-state index contributed by atoms with van der Waals surface area (Å²) >= 11 is 24.6. The molecule has 0 atom stereocenters. The molecule has 0 radical (unpaired) electrons. The van der Waals surface area contributed by atoms with Crippen LogP contribution in [0.1, 0.15) is 16.1 Å². The third-order valence-corrected chi connectivity index (χ3v) is 6.13. The molecule has 2 aromatic rings. The highest BCUT2D eigenvalue weighted by atomic mass is 35.5. The quantitative estimate of drug-likeness (QED) is 0.633. The summed E-state index contributed by atoms with van der Waals surface area (Å²) in [5.41, 5.74) is 1.04. The topological polar surface area (TPSA) is 79.4 Å². The van der Waals surface area contributed by atoms with Gasteiger partial charge in [0.05, 0.1) is 27.4 Å². The van der Waals surface area contributed by atoms with Gasteiger partial charge in [-0.3, -0.25) is 19.3 Å². The van der Waals surface area contributed by atoms with E-state index in [9.17, 15) is 14.4 Å². The summed E-state index contributed by atoms with van der Waals surface area (Å²) in [5, 5.41) is 2.01. The normalized spacial score (nSPS) is 14.0. The molecule has 3 amide bonds. The fourth-order valence-electron chi connectivity index (χ4n) is 2.24. The van der Waals surface area contributed by atoms with Crippen molar-refractivity contribution in [3.05, 3.63) is 55.7 Å². The molecule has 1 aliphatic heterocycles. The fourth-order valence-corrected chi connectivity index (χ4v) is 3.78. The van der Waals surface area contributed by atoms with Gasteiger partial charge in [-0.15, -0.1) is 0 Å². The molecular weight excluding hydrogens is 456 g/mol. The summed E-state index contributed by atoms with van der Waals surface area (Å²) in [5.74, 6) is -0.679. The third kappa shape index (κ3) is 4.33. The van der Waals surface area contributed by atoms with Crippen molar-refractivity contribution in [2.45, 2.75) is 6.54 Å². The SMILES string of the molecule is O=C(Nc1ccc(CN2C(=O)CSC2=O)cc1)c1nc(Cl)c(Cl)c(Cl)c1Cl. The summed E-state index contributed by atoms with van der Waals surface area (Å²) < 4.78 is 0. The number of nitrogens with one attached hydrogen (secondary N) is 1. The lowest BCUT2D eigenvalue weighted by molar-refractivity contribution is -0.125. The largest absolute Gasteiger partial charge is 0.321 e. The molecule has 27 heavy (non-hydrogen) atoms. The van der Waals surface area contributed by atoms with E-state index >= 15 is 0 Å². The van der Waals surface area contributed by atoms with Gasteiger partial charge in [-0.05, 0) is 17.7 Å². The Bertz CT molecular complexity index is 937. The Labute approximate surface area is 178 Å². The number of carbonyl (C=O) groups is 3. The van der Waals surface area contributed by atoms with Gasteiger partial charge < -0.3 is 5.32 Å². The lowest BCUT2D eigenvalue weighted by Crippen LogP contribution is -2.27. The molecule has 140 valence electrons. The molecule has 0 aliphatic carbocycles. The zero-order chi connectivity index (χ0) is 19.7. The Morgan fingerprint density at radius 2 is 1.74 bits per heavy atom. The average molecular weight is 465 g/mol. The van der Waals surface area contributed by atoms with Gasteiger partial charge in [0, 0.05) is 5.69 Å². The molecule has 1 saturated heterocycles. The van der Waals surface area contributed by atoms with Crippen LogP contribution in [0.25, 0.3) is 0 Å². The van der Waals surface area contributed by atoms with Crippen LogP contribution in [-0.4, -0.2) is 32.7 Å². The number of rotatable bonds is 4. The van der Waals surface area contributed by atoms with Crippen LogP contribution in [0, 0.1) is 0 Å². The maximum absolute atomic E-state index is 12.4. The van der Waals surface area contributed by atoms with Gasteiger partial charge in [0.25, 0.3) is 11.1 Å². The van der Waals surface area contributed by atoms with Crippen molar-refractivity contribution in [3.8, 4) is 0 Å². The maximum Gasteiger partial charge on any atom is 0.289 e. The first-order chi connectivity index (χ1) is 12.8. The van der Waals surface area contributed by atoms with Crippen molar-refractivity contribution < 1.29 is 14.4 Å². The second-order valence-electron chi connectivity index (χ2n) is 5.38. The lowest BCUT2D eigenvalue weighted by atomic mass is 10.2. The molecular formula is C16H9Cl4N3O3S. The van der Waals surface area contributed by atoms with Crippen LogP contribution in [0.2, 0.25) is 20.2 Å². The van der Waals surface area contributed by atoms with Gasteiger partial charge in [-0.1, -0.05) is 70.3 Å². The molecule has 11 heteroatoms. The minimum absolute atomic E-state index is 0.0339. The smallest absolute Gasteiger partial charge is 0.289 e. The molecule has 1 aliphatic rings. The Kier molecular flexibility index (Phi) is 6.18. The average Bonchev–Trinajstić information content (AvgIpc) is 2.96. The van der Waals surface area contributed by atoms with Crippen LogP contribution in [0.5, 0.6) is 0 Å². The summed E-state index contributed by atoms with van der Waals surface area (Å²) in [6.45, 7) is 0.175. The van der Waals surface area contributed by atoms with Crippen molar-refractivity contribution in [3.63, 3.8) is 0 Å². The number of hydrogen-bond donors (Lipinski definition) is 1. The van der Waals surface area contributed by atoms with E-state index in [-0.39, 0.29) is 49.4 Å². The molecule has 0 spiro atoms. The van der Waals surface area contributed by atoms with E-state index in [0.717, 1.165) is 17.3 Å². The van der Waals surface area contributed by atoms with E-state index in [1.165, 1.54) is 4.90 Å². The Morgan fingerprint density at radius 1 is 1.07 bits per heavy atom. The van der Waals surface area contributed by atoms with E-state index in [2.05, 4.69) is 10.3 Å². The number of carbonyl (C=O) groups excluding carboxylic acids is 3. The number of aromatic nitrogens is 1. The van der Waals surface area contributed by atoms with Crippen LogP contribution in [-0.2, 0) is 11.3 Å².